The van der Waals surface area contributed by atoms with E-state index in [0.29, 0.717) is 27.5 Å². The van der Waals surface area contributed by atoms with Crippen LogP contribution in [-0.4, -0.2) is 0 Å². The number of benzene rings is 10. The summed E-state index contributed by atoms with van der Waals surface area (Å²) in [6.45, 7) is 26.8. The molecule has 0 atom stereocenters. The van der Waals surface area contributed by atoms with Crippen LogP contribution in [0, 0.1) is 11.6 Å². The average Bonchev–Trinajstić information content (AvgIpc) is 1.53. The molecule has 0 saturated heterocycles. The predicted octanol–water partition coefficient (Wildman–Crippen LogP) is 22.3. The first-order valence-corrected chi connectivity index (χ1v) is 29.0. The summed E-state index contributed by atoms with van der Waals surface area (Å²) in [6, 6.07) is 71.5. The van der Waals surface area contributed by atoms with E-state index >= 15 is 8.78 Å². The topological polar surface area (TPSA) is 32.8 Å². The summed E-state index contributed by atoms with van der Waals surface area (Å²) in [5.41, 5.74) is 15.9. The van der Waals surface area contributed by atoms with E-state index in [1.807, 2.05) is 6.07 Å². The normalized spacial score (nSPS) is 13.5. The van der Waals surface area contributed by atoms with Gasteiger partial charge >= 0.3 is 0 Å². The van der Waals surface area contributed by atoms with Crippen molar-refractivity contribution < 1.29 is 17.6 Å². The van der Waals surface area contributed by atoms with Crippen LogP contribution >= 0.6 is 0 Å². The van der Waals surface area contributed by atoms with Crippen molar-refractivity contribution >= 4 is 78.0 Å². The molecule has 2 aromatic heterocycles. The Morgan fingerprint density at radius 3 is 1.11 bits per heavy atom. The lowest BCUT2D eigenvalue weighted by molar-refractivity contribution is 0.584. The standard InChI is InChI=1S/C77H70F2N2O2/c1-73(2,3)47-26-35-54(36-27-47)80(55-37-28-48(29-38-55)74(4,5)6)63-45-61-69(72-66(63)58-24-19-25-62(79)70(58)83-72)68-60(77(61,51-20-15-13-16-21-51)52-22-17-14-18-23-52)46-64(67-59-44-53(78)34-43-65(59)82-71(67)68)81(56-39-30-49(31-40-56)75(7,8)9)57-41-32-50(33-42-57)76(10,11)12/h13-46H,1-12H3. The second kappa shape index (κ2) is 19.2. The third-order valence-electron chi connectivity index (χ3n) is 17.3. The van der Waals surface area contributed by atoms with Crippen LogP contribution in [0.3, 0.4) is 0 Å². The summed E-state index contributed by atoms with van der Waals surface area (Å²) in [4.78, 5) is 4.63. The van der Waals surface area contributed by atoms with E-state index in [4.69, 9.17) is 8.83 Å². The molecule has 414 valence electrons. The summed E-state index contributed by atoms with van der Waals surface area (Å²) in [6.07, 6.45) is 0. The molecular weight excluding hydrogens is 1020 g/mol. The van der Waals surface area contributed by atoms with Crippen molar-refractivity contribution in [2.75, 3.05) is 9.80 Å². The number of halogens is 2. The van der Waals surface area contributed by atoms with Gasteiger partial charge in [0.1, 0.15) is 22.6 Å². The zero-order valence-electron chi connectivity index (χ0n) is 49.6. The van der Waals surface area contributed by atoms with E-state index in [-0.39, 0.29) is 33.1 Å². The van der Waals surface area contributed by atoms with Gasteiger partial charge in [-0.25, -0.2) is 8.78 Å². The lowest BCUT2D eigenvalue weighted by Crippen LogP contribution is -2.29. The van der Waals surface area contributed by atoms with E-state index in [9.17, 15) is 0 Å². The number of para-hydroxylation sites is 1. The van der Waals surface area contributed by atoms with Gasteiger partial charge in [-0.05, 0) is 151 Å². The third-order valence-corrected chi connectivity index (χ3v) is 17.3. The minimum atomic E-state index is -1.07. The first kappa shape index (κ1) is 53.6. The van der Waals surface area contributed by atoms with E-state index in [2.05, 4.69) is 263 Å². The fourth-order valence-corrected chi connectivity index (χ4v) is 12.9. The number of hydrogen-bond acceptors (Lipinski definition) is 4. The Morgan fingerprint density at radius 2 is 0.723 bits per heavy atom. The van der Waals surface area contributed by atoms with Gasteiger partial charge in [0.05, 0.1) is 27.6 Å². The molecule has 4 nitrogen and oxygen atoms in total. The molecule has 13 rings (SSSR count). The maximum Gasteiger partial charge on any atom is 0.171 e. The fraction of sp³-hybridized carbons (Fsp3) is 0.221. The highest BCUT2D eigenvalue weighted by Crippen LogP contribution is 2.64. The predicted molar refractivity (Wildman–Crippen MR) is 342 cm³/mol. The van der Waals surface area contributed by atoms with E-state index in [1.54, 1.807) is 18.2 Å². The largest absolute Gasteiger partial charge is 0.455 e. The molecule has 2 heterocycles. The molecule has 6 heteroatoms. The molecule has 0 radical (unpaired) electrons. The second-order valence-corrected chi connectivity index (χ2v) is 26.8. The lowest BCUT2D eigenvalue weighted by Gasteiger charge is -2.36. The maximum absolute atomic E-state index is 17.0. The van der Waals surface area contributed by atoms with Crippen LogP contribution in [0.5, 0.6) is 0 Å². The van der Waals surface area contributed by atoms with Gasteiger partial charge in [-0.3, -0.25) is 0 Å². The zero-order valence-corrected chi connectivity index (χ0v) is 49.6. The van der Waals surface area contributed by atoms with Crippen molar-refractivity contribution in [2.45, 2.75) is 110 Å². The fourth-order valence-electron chi connectivity index (χ4n) is 12.9. The highest BCUT2D eigenvalue weighted by atomic mass is 19.1. The molecule has 12 aromatic rings. The smallest absolute Gasteiger partial charge is 0.171 e. The minimum absolute atomic E-state index is 0.0957. The van der Waals surface area contributed by atoms with E-state index in [1.165, 1.54) is 34.4 Å². The molecule has 0 unspecified atom stereocenters. The van der Waals surface area contributed by atoms with Crippen LogP contribution in [0.15, 0.2) is 215 Å². The van der Waals surface area contributed by atoms with Crippen molar-refractivity contribution in [2.24, 2.45) is 0 Å². The summed E-state index contributed by atoms with van der Waals surface area (Å²) in [7, 11) is 0. The molecule has 0 aliphatic heterocycles. The molecule has 10 aromatic carbocycles. The minimum Gasteiger partial charge on any atom is -0.455 e. The zero-order chi connectivity index (χ0) is 58.1. The second-order valence-electron chi connectivity index (χ2n) is 26.8. The van der Waals surface area contributed by atoms with Crippen LogP contribution in [0.25, 0.3) is 55.0 Å². The van der Waals surface area contributed by atoms with Crippen molar-refractivity contribution in [1.82, 2.24) is 0 Å². The van der Waals surface area contributed by atoms with Gasteiger partial charge in [-0.15, -0.1) is 0 Å². The van der Waals surface area contributed by atoms with Crippen molar-refractivity contribution in [3.63, 3.8) is 0 Å². The molecule has 0 saturated carbocycles. The summed E-state index contributed by atoms with van der Waals surface area (Å²) < 4.78 is 47.8. The van der Waals surface area contributed by atoms with Crippen LogP contribution in [-0.2, 0) is 27.1 Å². The van der Waals surface area contributed by atoms with Gasteiger partial charge in [0.25, 0.3) is 0 Å². The van der Waals surface area contributed by atoms with Crippen LogP contribution in [0.4, 0.5) is 42.9 Å². The molecule has 0 bridgehead atoms. The highest BCUT2D eigenvalue weighted by molar-refractivity contribution is 6.25. The average molecular weight is 1090 g/mol. The van der Waals surface area contributed by atoms with E-state index in [0.717, 1.165) is 78.3 Å². The summed E-state index contributed by atoms with van der Waals surface area (Å²) >= 11 is 0. The van der Waals surface area contributed by atoms with Gasteiger partial charge in [-0.1, -0.05) is 204 Å². The Labute approximate surface area is 486 Å². The highest BCUT2D eigenvalue weighted by Gasteiger charge is 2.51. The SMILES string of the molecule is CC(C)(C)c1ccc(N(c2ccc(C(C)(C)C)cc2)c2cc3c(c4oc5ccc(F)cc5c24)-c2c(cc(N(c4ccc(C(C)(C)C)cc4)c4ccc(C(C)(C)C)cc4)c4c2oc2c(F)cccc24)C3(c2ccccc2)c2ccccc2)cc1. The molecule has 0 fully saturated rings. The lowest BCUT2D eigenvalue weighted by atomic mass is 9.67. The maximum atomic E-state index is 17.0. The Kier molecular flexibility index (Phi) is 12.4. The molecular formula is C77H70F2N2O2. The van der Waals surface area contributed by atoms with Crippen molar-refractivity contribution in [1.29, 1.82) is 0 Å². The number of nitrogens with zero attached hydrogens (tertiary/aromatic N) is 2. The molecule has 0 N–H and O–H groups in total. The van der Waals surface area contributed by atoms with Crippen molar-refractivity contribution in [3.05, 3.63) is 262 Å². The molecule has 1 aliphatic rings. The number of anilines is 6. The van der Waals surface area contributed by atoms with Crippen LogP contribution in [0.2, 0.25) is 0 Å². The number of fused-ring (bicyclic) bond motifs is 11. The van der Waals surface area contributed by atoms with Gasteiger partial charge in [0, 0.05) is 44.6 Å². The summed E-state index contributed by atoms with van der Waals surface area (Å²) in [5.74, 6) is -0.841. The van der Waals surface area contributed by atoms with Gasteiger partial charge in [0.2, 0.25) is 0 Å². The van der Waals surface area contributed by atoms with Crippen molar-refractivity contribution in [3.8, 4) is 11.1 Å². The van der Waals surface area contributed by atoms with E-state index < -0.39 is 11.2 Å². The van der Waals surface area contributed by atoms with Gasteiger partial charge in [-0.2, -0.15) is 0 Å². The van der Waals surface area contributed by atoms with Gasteiger partial charge < -0.3 is 18.6 Å². The third kappa shape index (κ3) is 8.74. The summed E-state index contributed by atoms with van der Waals surface area (Å²) in [5, 5.41) is 2.76. The quantitative estimate of drug-likeness (QED) is 0.152. The first-order chi connectivity index (χ1) is 39.5. The molecule has 0 amide bonds. The number of hydrogen-bond donors (Lipinski definition) is 0. The molecule has 0 spiro atoms. The monoisotopic (exact) mass is 1090 g/mol. The Hall–Kier alpha value is -8.74. The Bertz CT molecular complexity index is 4300. The molecule has 1 aliphatic carbocycles. The van der Waals surface area contributed by atoms with Crippen LogP contribution < -0.4 is 9.80 Å². The first-order valence-electron chi connectivity index (χ1n) is 29.0. The number of rotatable bonds is 8. The Balaban J connectivity index is 1.23. The van der Waals surface area contributed by atoms with Gasteiger partial charge in [0.15, 0.2) is 11.4 Å². The Morgan fingerprint density at radius 1 is 0.349 bits per heavy atom. The number of furan rings is 2. The van der Waals surface area contributed by atoms with Crippen LogP contribution in [0.1, 0.15) is 128 Å². The molecule has 83 heavy (non-hydrogen) atoms.